The Balaban J connectivity index is 1.62. The van der Waals surface area contributed by atoms with Crippen LogP contribution in [0.1, 0.15) is 17.2 Å². The zero-order chi connectivity index (χ0) is 17.3. The fourth-order valence-corrected chi connectivity index (χ4v) is 2.88. The second-order valence-corrected chi connectivity index (χ2v) is 5.84. The van der Waals surface area contributed by atoms with Gasteiger partial charge in [0.15, 0.2) is 0 Å². The van der Waals surface area contributed by atoms with E-state index in [1.807, 2.05) is 48.5 Å². The summed E-state index contributed by atoms with van der Waals surface area (Å²) in [7, 11) is 0. The largest absolute Gasteiger partial charge is 0.457 e. The van der Waals surface area contributed by atoms with Gasteiger partial charge in [0, 0.05) is 5.56 Å². The SMILES string of the molecule is N#CC1(c2cccc(Oc3ccccc3)c2)OC1c1ccc(F)cc1. The summed E-state index contributed by atoms with van der Waals surface area (Å²) in [6, 6.07) is 25.0. The van der Waals surface area contributed by atoms with Crippen molar-refractivity contribution in [2.75, 3.05) is 0 Å². The first kappa shape index (κ1) is 15.4. The second kappa shape index (κ2) is 6.04. The molecule has 1 fully saturated rings. The monoisotopic (exact) mass is 331 g/mol. The Morgan fingerprint density at radius 2 is 1.64 bits per heavy atom. The van der Waals surface area contributed by atoms with Crippen molar-refractivity contribution in [1.82, 2.24) is 0 Å². The normalized spacial score (nSPS) is 21.4. The topological polar surface area (TPSA) is 45.5 Å². The predicted molar refractivity (Wildman–Crippen MR) is 90.5 cm³/mol. The minimum Gasteiger partial charge on any atom is -0.457 e. The predicted octanol–water partition coefficient (Wildman–Crippen LogP) is 5.11. The minimum absolute atomic E-state index is 0.315. The number of ether oxygens (including phenoxy) is 2. The molecule has 1 aliphatic heterocycles. The summed E-state index contributed by atoms with van der Waals surface area (Å²) in [6.07, 6.45) is -0.412. The van der Waals surface area contributed by atoms with Crippen molar-refractivity contribution in [1.29, 1.82) is 5.26 Å². The van der Waals surface area contributed by atoms with E-state index in [4.69, 9.17) is 9.47 Å². The van der Waals surface area contributed by atoms with Gasteiger partial charge in [-0.3, -0.25) is 0 Å². The summed E-state index contributed by atoms with van der Waals surface area (Å²) in [6.45, 7) is 0. The van der Waals surface area contributed by atoms with Crippen molar-refractivity contribution in [3.63, 3.8) is 0 Å². The number of nitrogens with zero attached hydrogens (tertiary/aromatic N) is 1. The molecule has 0 amide bonds. The molecule has 3 nitrogen and oxygen atoms in total. The summed E-state index contributed by atoms with van der Waals surface area (Å²) >= 11 is 0. The third-order valence-electron chi connectivity index (χ3n) is 4.20. The van der Waals surface area contributed by atoms with Crippen LogP contribution in [0.15, 0.2) is 78.9 Å². The van der Waals surface area contributed by atoms with Crippen molar-refractivity contribution in [2.24, 2.45) is 0 Å². The summed E-state index contributed by atoms with van der Waals surface area (Å²) < 4.78 is 24.7. The lowest BCUT2D eigenvalue weighted by atomic mass is 9.93. The molecule has 1 heterocycles. The molecule has 25 heavy (non-hydrogen) atoms. The van der Waals surface area contributed by atoms with Gasteiger partial charge < -0.3 is 9.47 Å². The quantitative estimate of drug-likeness (QED) is 0.624. The summed E-state index contributed by atoms with van der Waals surface area (Å²) in [4.78, 5) is 0. The van der Waals surface area contributed by atoms with Gasteiger partial charge in [0.25, 0.3) is 0 Å². The van der Waals surface area contributed by atoms with E-state index in [1.165, 1.54) is 12.1 Å². The van der Waals surface area contributed by atoms with Gasteiger partial charge in [0.2, 0.25) is 5.60 Å². The molecule has 4 heteroatoms. The van der Waals surface area contributed by atoms with Crippen LogP contribution in [-0.2, 0) is 10.3 Å². The Morgan fingerprint density at radius 3 is 2.36 bits per heavy atom. The molecular weight excluding hydrogens is 317 g/mol. The molecular formula is C21H14FNO2. The van der Waals surface area contributed by atoms with Gasteiger partial charge in [-0.25, -0.2) is 4.39 Å². The lowest BCUT2D eigenvalue weighted by Crippen LogP contribution is -2.07. The number of para-hydroxylation sites is 1. The van der Waals surface area contributed by atoms with Crippen molar-refractivity contribution in [3.8, 4) is 17.6 Å². The summed E-state index contributed by atoms with van der Waals surface area (Å²) in [5, 5.41) is 9.69. The average Bonchev–Trinajstić information content (AvgIpc) is 3.40. The van der Waals surface area contributed by atoms with Crippen LogP contribution < -0.4 is 4.74 Å². The maximum absolute atomic E-state index is 13.1. The molecule has 0 radical (unpaired) electrons. The Morgan fingerprint density at radius 1 is 0.920 bits per heavy atom. The molecule has 0 N–H and O–H groups in total. The van der Waals surface area contributed by atoms with Crippen LogP contribution in [0.25, 0.3) is 0 Å². The van der Waals surface area contributed by atoms with Gasteiger partial charge in [0.1, 0.15) is 29.5 Å². The summed E-state index contributed by atoms with van der Waals surface area (Å²) in [5.41, 5.74) is 0.434. The van der Waals surface area contributed by atoms with E-state index in [0.29, 0.717) is 5.75 Å². The highest BCUT2D eigenvalue weighted by molar-refractivity contribution is 5.45. The molecule has 0 aromatic heterocycles. The number of benzene rings is 3. The zero-order valence-corrected chi connectivity index (χ0v) is 13.2. The first-order valence-electron chi connectivity index (χ1n) is 7.89. The Bertz CT molecular complexity index is 934. The molecule has 2 unspecified atom stereocenters. The Hall–Kier alpha value is -3.16. The van der Waals surface area contributed by atoms with Crippen LogP contribution in [0.2, 0.25) is 0 Å². The number of halogens is 1. The molecule has 0 saturated carbocycles. The van der Waals surface area contributed by atoms with E-state index >= 15 is 0 Å². The molecule has 3 aromatic rings. The highest BCUT2D eigenvalue weighted by Crippen LogP contribution is 2.57. The van der Waals surface area contributed by atoms with E-state index in [-0.39, 0.29) is 5.82 Å². The van der Waals surface area contributed by atoms with Crippen LogP contribution in [0.3, 0.4) is 0 Å². The van der Waals surface area contributed by atoms with Crippen LogP contribution >= 0.6 is 0 Å². The van der Waals surface area contributed by atoms with Crippen molar-refractivity contribution < 1.29 is 13.9 Å². The van der Waals surface area contributed by atoms with Crippen molar-refractivity contribution >= 4 is 0 Å². The van der Waals surface area contributed by atoms with Crippen molar-refractivity contribution in [2.45, 2.75) is 11.7 Å². The maximum Gasteiger partial charge on any atom is 0.210 e. The van der Waals surface area contributed by atoms with Gasteiger partial charge in [-0.05, 0) is 42.0 Å². The van der Waals surface area contributed by atoms with Crippen LogP contribution in [0, 0.1) is 17.1 Å². The van der Waals surface area contributed by atoms with Gasteiger partial charge in [-0.2, -0.15) is 5.26 Å². The second-order valence-electron chi connectivity index (χ2n) is 5.84. The highest BCUT2D eigenvalue weighted by atomic mass is 19.1. The van der Waals surface area contributed by atoms with E-state index < -0.39 is 11.7 Å². The smallest absolute Gasteiger partial charge is 0.210 e. The lowest BCUT2D eigenvalue weighted by molar-refractivity contribution is 0.339. The van der Waals surface area contributed by atoms with E-state index in [1.54, 1.807) is 18.2 Å². The van der Waals surface area contributed by atoms with E-state index in [2.05, 4.69) is 6.07 Å². The van der Waals surface area contributed by atoms with Crippen molar-refractivity contribution in [3.05, 3.63) is 95.8 Å². The maximum atomic E-state index is 13.1. The highest BCUT2D eigenvalue weighted by Gasteiger charge is 2.59. The van der Waals surface area contributed by atoms with E-state index in [0.717, 1.165) is 16.9 Å². The molecule has 0 spiro atoms. The molecule has 2 atom stereocenters. The summed E-state index contributed by atoms with van der Waals surface area (Å²) in [5.74, 6) is 1.04. The van der Waals surface area contributed by atoms with Crippen LogP contribution in [-0.4, -0.2) is 0 Å². The third-order valence-corrected chi connectivity index (χ3v) is 4.20. The minimum atomic E-state index is -1.06. The Labute approximate surface area is 144 Å². The molecule has 0 aliphatic carbocycles. The van der Waals surface area contributed by atoms with Gasteiger partial charge in [0.05, 0.1) is 0 Å². The van der Waals surface area contributed by atoms with Gasteiger partial charge in [-0.1, -0.05) is 42.5 Å². The number of nitriles is 1. The fourth-order valence-electron chi connectivity index (χ4n) is 2.88. The lowest BCUT2D eigenvalue weighted by Gasteiger charge is -2.09. The molecule has 1 aliphatic rings. The fraction of sp³-hybridized carbons (Fsp3) is 0.0952. The first-order chi connectivity index (χ1) is 12.2. The first-order valence-corrected chi connectivity index (χ1v) is 7.89. The number of hydrogen-bond acceptors (Lipinski definition) is 3. The average molecular weight is 331 g/mol. The van der Waals surface area contributed by atoms with Gasteiger partial charge >= 0.3 is 0 Å². The number of epoxide rings is 1. The molecule has 122 valence electrons. The third kappa shape index (κ3) is 2.86. The van der Waals surface area contributed by atoms with Crippen LogP contribution in [0.4, 0.5) is 4.39 Å². The molecule has 1 saturated heterocycles. The standard InChI is InChI=1S/C21H14FNO2/c22-17-11-9-15(10-12-17)20-21(14-23,25-20)16-5-4-8-19(13-16)24-18-6-2-1-3-7-18/h1-13,20H. The molecule has 3 aromatic carbocycles. The Kier molecular flexibility index (Phi) is 3.72. The van der Waals surface area contributed by atoms with Crippen LogP contribution in [0.5, 0.6) is 11.5 Å². The number of rotatable bonds is 4. The zero-order valence-electron chi connectivity index (χ0n) is 13.2. The molecule has 4 rings (SSSR count). The van der Waals surface area contributed by atoms with Gasteiger partial charge in [-0.15, -0.1) is 0 Å². The van der Waals surface area contributed by atoms with E-state index in [9.17, 15) is 9.65 Å². The molecule has 0 bridgehead atoms. The number of hydrogen-bond donors (Lipinski definition) is 0.